The van der Waals surface area contributed by atoms with Gasteiger partial charge in [0.15, 0.2) is 11.5 Å². The van der Waals surface area contributed by atoms with Gasteiger partial charge in [-0.3, -0.25) is 0 Å². The van der Waals surface area contributed by atoms with Crippen molar-refractivity contribution in [2.45, 2.75) is 13.2 Å². The van der Waals surface area contributed by atoms with E-state index in [-0.39, 0.29) is 6.79 Å². The molecule has 0 unspecified atom stereocenters. The zero-order valence-corrected chi connectivity index (χ0v) is 13.3. The van der Waals surface area contributed by atoms with E-state index in [1.807, 2.05) is 12.1 Å². The van der Waals surface area contributed by atoms with Crippen molar-refractivity contribution in [2.24, 2.45) is 0 Å². The van der Waals surface area contributed by atoms with E-state index in [1.165, 1.54) is 22.1 Å². The summed E-state index contributed by atoms with van der Waals surface area (Å²) >= 11 is 0. The van der Waals surface area contributed by atoms with E-state index in [2.05, 4.69) is 30.3 Å². The Morgan fingerprint density at radius 3 is 2.75 bits per heavy atom. The molecule has 0 bridgehead atoms. The molecule has 0 aromatic heterocycles. The lowest BCUT2D eigenvalue weighted by Crippen LogP contribution is -1.93. The lowest BCUT2D eigenvalue weighted by Gasteiger charge is -2.14. The molecular weight excluding hydrogens is 304 g/mol. The largest absolute Gasteiger partial charge is 0.497 e. The number of fused-ring (bicyclic) bond motifs is 3. The fraction of sp³-hybridized carbons (Fsp3) is 0.200. The third kappa shape index (κ3) is 1.96. The van der Waals surface area contributed by atoms with Crippen LogP contribution >= 0.6 is 0 Å². The highest BCUT2D eigenvalue weighted by molar-refractivity contribution is 6.00. The lowest BCUT2D eigenvalue weighted by molar-refractivity contribution is 0.134. The number of benzene rings is 3. The van der Waals surface area contributed by atoms with Crippen LogP contribution in [0.15, 0.2) is 42.5 Å². The SMILES string of the molecule is COc1ccc2cc3c(c(-c4ccc5c(c4)OCO5)c2c1)COC3. The van der Waals surface area contributed by atoms with Crippen LogP contribution in [0.3, 0.4) is 0 Å². The first-order valence-corrected chi connectivity index (χ1v) is 7.94. The van der Waals surface area contributed by atoms with Crippen molar-refractivity contribution in [1.29, 1.82) is 0 Å². The molecule has 120 valence electrons. The second-order valence-electron chi connectivity index (χ2n) is 6.04. The molecule has 2 heterocycles. The highest BCUT2D eigenvalue weighted by Crippen LogP contribution is 2.42. The van der Waals surface area contributed by atoms with Crippen LogP contribution < -0.4 is 14.2 Å². The first kappa shape index (κ1) is 13.7. The Hall–Kier alpha value is -2.72. The number of hydrogen-bond acceptors (Lipinski definition) is 4. The molecule has 2 aliphatic rings. The zero-order chi connectivity index (χ0) is 16.1. The summed E-state index contributed by atoms with van der Waals surface area (Å²) in [5, 5.41) is 2.35. The maximum atomic E-state index is 5.71. The highest BCUT2D eigenvalue weighted by Gasteiger charge is 2.22. The smallest absolute Gasteiger partial charge is 0.231 e. The molecule has 3 aromatic rings. The van der Waals surface area contributed by atoms with E-state index >= 15 is 0 Å². The topological polar surface area (TPSA) is 36.9 Å². The molecular formula is C20H16O4. The molecule has 0 atom stereocenters. The third-order valence-corrected chi connectivity index (χ3v) is 4.71. The molecule has 24 heavy (non-hydrogen) atoms. The summed E-state index contributed by atoms with van der Waals surface area (Å²) in [7, 11) is 1.69. The summed E-state index contributed by atoms with van der Waals surface area (Å²) in [4.78, 5) is 0. The van der Waals surface area contributed by atoms with Crippen molar-refractivity contribution in [2.75, 3.05) is 13.9 Å². The lowest BCUT2D eigenvalue weighted by atomic mass is 9.90. The second-order valence-corrected chi connectivity index (χ2v) is 6.04. The van der Waals surface area contributed by atoms with Crippen molar-refractivity contribution in [3.8, 4) is 28.4 Å². The third-order valence-electron chi connectivity index (χ3n) is 4.71. The first-order valence-electron chi connectivity index (χ1n) is 7.94. The highest BCUT2D eigenvalue weighted by atomic mass is 16.7. The molecule has 5 rings (SSSR count). The van der Waals surface area contributed by atoms with E-state index in [0.29, 0.717) is 13.2 Å². The Morgan fingerprint density at radius 1 is 0.917 bits per heavy atom. The van der Waals surface area contributed by atoms with Gasteiger partial charge in [0.1, 0.15) is 5.75 Å². The van der Waals surface area contributed by atoms with Gasteiger partial charge in [-0.2, -0.15) is 0 Å². The summed E-state index contributed by atoms with van der Waals surface area (Å²) in [5.41, 5.74) is 4.80. The minimum absolute atomic E-state index is 0.281. The molecule has 0 aliphatic carbocycles. The predicted molar refractivity (Wildman–Crippen MR) is 90.6 cm³/mol. The molecule has 4 heteroatoms. The molecule has 4 nitrogen and oxygen atoms in total. The standard InChI is InChI=1S/C20H16O4/c1-21-15-4-2-12-6-14-9-22-10-17(14)20(16(12)8-15)13-3-5-18-19(7-13)24-11-23-18/h2-8H,9-11H2,1H3. The van der Waals surface area contributed by atoms with Gasteiger partial charge in [-0.25, -0.2) is 0 Å². The van der Waals surface area contributed by atoms with Gasteiger partial charge in [-0.1, -0.05) is 12.1 Å². The monoisotopic (exact) mass is 320 g/mol. The average Bonchev–Trinajstić information content (AvgIpc) is 3.27. The second kappa shape index (κ2) is 5.14. The van der Waals surface area contributed by atoms with Gasteiger partial charge in [0, 0.05) is 0 Å². The Balaban J connectivity index is 1.82. The van der Waals surface area contributed by atoms with Gasteiger partial charge >= 0.3 is 0 Å². The van der Waals surface area contributed by atoms with Crippen LogP contribution in [0, 0.1) is 0 Å². The van der Waals surface area contributed by atoms with Crippen molar-refractivity contribution in [1.82, 2.24) is 0 Å². The molecule has 0 saturated carbocycles. The minimum Gasteiger partial charge on any atom is -0.497 e. The molecule has 0 N–H and O–H groups in total. The van der Waals surface area contributed by atoms with Crippen LogP contribution in [0.2, 0.25) is 0 Å². The molecule has 3 aromatic carbocycles. The van der Waals surface area contributed by atoms with Gasteiger partial charge < -0.3 is 18.9 Å². The summed E-state index contributed by atoms with van der Waals surface area (Å²) < 4.78 is 22.1. The molecule has 0 radical (unpaired) electrons. The normalized spacial score (nSPS) is 14.9. The average molecular weight is 320 g/mol. The van der Waals surface area contributed by atoms with E-state index in [9.17, 15) is 0 Å². The summed E-state index contributed by atoms with van der Waals surface area (Å²) in [6.07, 6.45) is 0. The Bertz CT molecular complexity index is 962. The maximum Gasteiger partial charge on any atom is 0.231 e. The van der Waals surface area contributed by atoms with Crippen molar-refractivity contribution in [3.05, 3.63) is 53.6 Å². The summed E-state index contributed by atoms with van der Waals surface area (Å²) in [6.45, 7) is 1.57. The minimum atomic E-state index is 0.281. The molecule has 0 spiro atoms. The van der Waals surface area contributed by atoms with Gasteiger partial charge in [-0.15, -0.1) is 0 Å². The molecule has 0 fully saturated rings. The van der Waals surface area contributed by atoms with Crippen LogP contribution in [0.5, 0.6) is 17.2 Å². The van der Waals surface area contributed by atoms with Crippen LogP contribution in [-0.2, 0) is 18.0 Å². The maximum absolute atomic E-state index is 5.71. The van der Waals surface area contributed by atoms with Crippen LogP contribution in [-0.4, -0.2) is 13.9 Å². The van der Waals surface area contributed by atoms with E-state index < -0.39 is 0 Å². The Morgan fingerprint density at radius 2 is 1.83 bits per heavy atom. The van der Waals surface area contributed by atoms with E-state index in [1.54, 1.807) is 7.11 Å². The van der Waals surface area contributed by atoms with Gasteiger partial charge in [0.05, 0.1) is 20.3 Å². The Labute approximate surface area is 139 Å². The number of rotatable bonds is 2. The Kier molecular flexibility index (Phi) is 2.94. The molecule has 2 aliphatic heterocycles. The summed E-state index contributed by atoms with van der Waals surface area (Å²) in [6, 6.07) is 14.5. The number of hydrogen-bond donors (Lipinski definition) is 0. The van der Waals surface area contributed by atoms with E-state index in [4.69, 9.17) is 18.9 Å². The number of ether oxygens (including phenoxy) is 4. The predicted octanol–water partition coefficient (Wildman–Crippen LogP) is 4.27. The number of methoxy groups -OCH3 is 1. The van der Waals surface area contributed by atoms with Crippen molar-refractivity contribution in [3.63, 3.8) is 0 Å². The molecule has 0 amide bonds. The van der Waals surface area contributed by atoms with E-state index in [0.717, 1.165) is 28.2 Å². The zero-order valence-electron chi connectivity index (χ0n) is 13.3. The van der Waals surface area contributed by atoms with Crippen LogP contribution in [0.25, 0.3) is 21.9 Å². The quantitative estimate of drug-likeness (QED) is 0.706. The van der Waals surface area contributed by atoms with Gasteiger partial charge in [0.25, 0.3) is 0 Å². The van der Waals surface area contributed by atoms with Gasteiger partial charge in [0.2, 0.25) is 6.79 Å². The van der Waals surface area contributed by atoms with Gasteiger partial charge in [-0.05, 0) is 63.4 Å². The van der Waals surface area contributed by atoms with Crippen LogP contribution in [0.4, 0.5) is 0 Å². The van der Waals surface area contributed by atoms with Crippen molar-refractivity contribution < 1.29 is 18.9 Å². The summed E-state index contributed by atoms with van der Waals surface area (Å²) in [5.74, 6) is 2.44. The first-order chi connectivity index (χ1) is 11.8. The van der Waals surface area contributed by atoms with Crippen LogP contribution in [0.1, 0.15) is 11.1 Å². The fourth-order valence-electron chi connectivity index (χ4n) is 3.54. The van der Waals surface area contributed by atoms with Crippen molar-refractivity contribution >= 4 is 10.8 Å². The fourth-order valence-corrected chi connectivity index (χ4v) is 3.54. The molecule has 0 saturated heterocycles.